The third kappa shape index (κ3) is 2.66. The van der Waals surface area contributed by atoms with Crippen molar-refractivity contribution in [2.45, 2.75) is 64.4 Å². The highest BCUT2D eigenvalue weighted by atomic mass is 16.5. The van der Waals surface area contributed by atoms with Gasteiger partial charge < -0.3 is 9.15 Å². The Kier molecular flexibility index (Phi) is 3.92. The summed E-state index contributed by atoms with van der Waals surface area (Å²) in [6.45, 7) is 4.03. The Morgan fingerprint density at radius 3 is 3.05 bits per heavy atom. The van der Waals surface area contributed by atoms with Gasteiger partial charge in [0.1, 0.15) is 22.7 Å². The summed E-state index contributed by atoms with van der Waals surface area (Å²) in [6, 6.07) is 1.85. The van der Waals surface area contributed by atoms with Crippen molar-refractivity contribution in [3.63, 3.8) is 0 Å². The summed E-state index contributed by atoms with van der Waals surface area (Å²) < 4.78 is 11.5. The summed E-state index contributed by atoms with van der Waals surface area (Å²) in [5.41, 5.74) is 0.0590. The van der Waals surface area contributed by atoms with Crippen molar-refractivity contribution in [2.24, 2.45) is 5.92 Å². The monoisotopic (exact) mass is 288 g/mol. The van der Waals surface area contributed by atoms with Crippen LogP contribution in [-0.4, -0.2) is 5.60 Å². The highest BCUT2D eigenvalue weighted by Crippen LogP contribution is 2.44. The second kappa shape index (κ2) is 5.70. The minimum Gasteiger partial charge on any atom is -0.482 e. The van der Waals surface area contributed by atoms with E-state index in [1.807, 2.05) is 12.1 Å². The summed E-state index contributed by atoms with van der Waals surface area (Å²) in [5, 5.41) is 0. The van der Waals surface area contributed by atoms with Crippen molar-refractivity contribution in [1.82, 2.24) is 0 Å². The van der Waals surface area contributed by atoms with Gasteiger partial charge in [-0.05, 0) is 44.8 Å². The fraction of sp³-hybridized carbons (Fsp3) is 0.611. The molecule has 0 N–H and O–H groups in total. The van der Waals surface area contributed by atoms with E-state index in [1.165, 1.54) is 38.5 Å². The smallest absolute Gasteiger partial charge is 0.346 e. The molecule has 0 radical (unpaired) electrons. The number of ether oxygens (including phenoxy) is 1. The zero-order chi connectivity index (χ0) is 14.9. The van der Waals surface area contributed by atoms with E-state index in [-0.39, 0.29) is 11.2 Å². The molecule has 2 aliphatic rings. The van der Waals surface area contributed by atoms with Crippen molar-refractivity contribution in [2.75, 3.05) is 0 Å². The summed E-state index contributed by atoms with van der Waals surface area (Å²) >= 11 is 0. The molecule has 3 heteroatoms. The molecule has 1 aromatic rings. The van der Waals surface area contributed by atoms with Gasteiger partial charge in [-0.2, -0.15) is 0 Å². The first-order valence-corrected chi connectivity index (χ1v) is 8.17. The fourth-order valence-electron chi connectivity index (χ4n) is 3.72. The molecular weight excluding hydrogens is 264 g/mol. The summed E-state index contributed by atoms with van der Waals surface area (Å²) in [7, 11) is 0. The molecule has 2 heterocycles. The zero-order valence-corrected chi connectivity index (χ0v) is 13.0. The predicted molar refractivity (Wildman–Crippen MR) is 83.6 cm³/mol. The molecule has 1 aromatic heterocycles. The largest absolute Gasteiger partial charge is 0.482 e. The molecule has 0 unspecified atom stereocenters. The van der Waals surface area contributed by atoms with Crippen LogP contribution in [0.15, 0.2) is 21.4 Å². The summed E-state index contributed by atoms with van der Waals surface area (Å²) in [4.78, 5) is 11.9. The lowest BCUT2D eigenvalue weighted by molar-refractivity contribution is 0.0118. The quantitative estimate of drug-likeness (QED) is 0.823. The highest BCUT2D eigenvalue weighted by molar-refractivity contribution is 5.60. The molecule has 0 saturated heterocycles. The highest BCUT2D eigenvalue weighted by Gasteiger charge is 2.42. The van der Waals surface area contributed by atoms with Gasteiger partial charge in [-0.25, -0.2) is 4.79 Å². The van der Waals surface area contributed by atoms with E-state index in [0.717, 1.165) is 6.42 Å². The molecule has 1 fully saturated rings. The second-order valence-electron chi connectivity index (χ2n) is 6.40. The molecule has 114 valence electrons. The lowest BCUT2D eigenvalue weighted by atomic mass is 9.72. The number of hydrogen-bond acceptors (Lipinski definition) is 3. The lowest BCUT2D eigenvalue weighted by Gasteiger charge is -2.44. The van der Waals surface area contributed by atoms with Gasteiger partial charge in [-0.15, -0.1) is 0 Å². The molecule has 0 amide bonds. The van der Waals surface area contributed by atoms with Crippen LogP contribution in [0.5, 0.6) is 5.75 Å². The van der Waals surface area contributed by atoms with Crippen LogP contribution >= 0.6 is 0 Å². The van der Waals surface area contributed by atoms with Crippen molar-refractivity contribution >= 4 is 6.08 Å². The maximum absolute atomic E-state index is 11.9. The average molecular weight is 288 g/mol. The normalized spacial score (nSPS) is 27.4. The molecular formula is C18H24O3. The number of aryl methyl sites for hydroxylation is 1. The van der Waals surface area contributed by atoms with Gasteiger partial charge >= 0.3 is 5.63 Å². The van der Waals surface area contributed by atoms with Crippen molar-refractivity contribution < 1.29 is 9.15 Å². The van der Waals surface area contributed by atoms with Gasteiger partial charge in [0.25, 0.3) is 0 Å². The van der Waals surface area contributed by atoms with Crippen LogP contribution in [0, 0.1) is 12.8 Å². The van der Waals surface area contributed by atoms with Crippen LogP contribution in [-0.2, 0) is 0 Å². The van der Waals surface area contributed by atoms with Crippen LogP contribution in [0.2, 0.25) is 0 Å². The minimum atomic E-state index is -0.294. The van der Waals surface area contributed by atoms with E-state index in [4.69, 9.17) is 9.15 Å². The van der Waals surface area contributed by atoms with Gasteiger partial charge in [0.05, 0.1) is 0 Å². The van der Waals surface area contributed by atoms with E-state index >= 15 is 0 Å². The van der Waals surface area contributed by atoms with E-state index in [9.17, 15) is 4.79 Å². The molecule has 1 aliphatic carbocycles. The zero-order valence-electron chi connectivity index (χ0n) is 13.0. The van der Waals surface area contributed by atoms with Crippen molar-refractivity contribution in [3.05, 3.63) is 33.9 Å². The maximum atomic E-state index is 11.9. The second-order valence-corrected chi connectivity index (χ2v) is 6.40. The van der Waals surface area contributed by atoms with Gasteiger partial charge in [-0.1, -0.05) is 26.2 Å². The number of fused-ring (bicyclic) bond motifs is 1. The average Bonchev–Trinajstić information content (AvgIpc) is 2.46. The first-order valence-electron chi connectivity index (χ1n) is 8.17. The molecule has 3 rings (SSSR count). The first-order chi connectivity index (χ1) is 10.1. The fourth-order valence-corrected chi connectivity index (χ4v) is 3.72. The van der Waals surface area contributed by atoms with Gasteiger partial charge in [0.2, 0.25) is 0 Å². The summed E-state index contributed by atoms with van der Waals surface area (Å²) in [6.07, 6.45) is 12.5. The van der Waals surface area contributed by atoms with Gasteiger partial charge in [0, 0.05) is 12.0 Å². The third-order valence-electron chi connectivity index (χ3n) is 4.87. The molecule has 1 spiro atoms. The number of hydrogen-bond donors (Lipinski definition) is 0. The lowest BCUT2D eigenvalue weighted by Crippen LogP contribution is -2.46. The molecule has 3 nitrogen and oxygen atoms in total. The van der Waals surface area contributed by atoms with E-state index in [2.05, 4.69) is 13.0 Å². The standard InChI is InChI=1S/C18H24O3/c1-3-4-7-14-8-5-6-10-18(14)11-9-15-16(21-18)12-13(2)20-17(15)19/h9,11-12,14H,3-8,10H2,1-2H3/t14-,18+/m0/s1. The van der Waals surface area contributed by atoms with Crippen molar-refractivity contribution in [1.29, 1.82) is 0 Å². The Morgan fingerprint density at radius 1 is 1.38 bits per heavy atom. The van der Waals surface area contributed by atoms with E-state index in [1.54, 1.807) is 6.92 Å². The first kappa shape index (κ1) is 14.4. The Morgan fingerprint density at radius 2 is 2.24 bits per heavy atom. The Balaban J connectivity index is 1.94. The van der Waals surface area contributed by atoms with Crippen LogP contribution in [0.3, 0.4) is 0 Å². The molecule has 21 heavy (non-hydrogen) atoms. The molecule has 0 aromatic carbocycles. The maximum Gasteiger partial charge on any atom is 0.346 e. The van der Waals surface area contributed by atoms with Crippen LogP contribution < -0.4 is 10.4 Å². The number of rotatable bonds is 3. The van der Waals surface area contributed by atoms with Gasteiger partial charge in [0.15, 0.2) is 0 Å². The van der Waals surface area contributed by atoms with E-state index < -0.39 is 0 Å². The molecule has 1 saturated carbocycles. The molecule has 0 bridgehead atoms. The van der Waals surface area contributed by atoms with Crippen LogP contribution in [0.25, 0.3) is 6.08 Å². The predicted octanol–water partition coefficient (Wildman–Crippen LogP) is 4.47. The Labute approximate surface area is 126 Å². The minimum absolute atomic E-state index is 0.208. The Hall–Kier alpha value is -1.51. The van der Waals surface area contributed by atoms with Crippen molar-refractivity contribution in [3.8, 4) is 5.75 Å². The van der Waals surface area contributed by atoms with Gasteiger partial charge in [-0.3, -0.25) is 0 Å². The topological polar surface area (TPSA) is 39.4 Å². The van der Waals surface area contributed by atoms with E-state index in [0.29, 0.717) is 23.0 Å². The summed E-state index contributed by atoms with van der Waals surface area (Å²) in [5.74, 6) is 1.88. The Bertz CT molecular complexity index is 599. The number of unbranched alkanes of at least 4 members (excludes halogenated alkanes) is 1. The molecule has 1 aliphatic heterocycles. The van der Waals surface area contributed by atoms with Crippen LogP contribution in [0.1, 0.15) is 63.2 Å². The SMILES string of the molecule is CCCC[C@H]1CCCC[C@@]12C=Cc1c(cc(C)oc1=O)O2. The molecule has 2 atom stereocenters. The third-order valence-corrected chi connectivity index (χ3v) is 4.87. The van der Waals surface area contributed by atoms with Crippen LogP contribution in [0.4, 0.5) is 0 Å².